The summed E-state index contributed by atoms with van der Waals surface area (Å²) in [4.78, 5) is 8.94. The van der Waals surface area contributed by atoms with Crippen LogP contribution < -0.4 is 21.3 Å². The number of amides is 1. The van der Waals surface area contributed by atoms with Crippen molar-refractivity contribution in [3.63, 3.8) is 0 Å². The first-order valence-corrected chi connectivity index (χ1v) is 7.29. The van der Waals surface area contributed by atoms with Gasteiger partial charge in [-0.3, -0.25) is 10.2 Å². The van der Waals surface area contributed by atoms with Crippen LogP contribution in [-0.2, 0) is 17.6 Å². The molecule has 0 aromatic heterocycles. The third-order valence-corrected chi connectivity index (χ3v) is 3.31. The highest BCUT2D eigenvalue weighted by Gasteiger charge is 2.30. The predicted molar refractivity (Wildman–Crippen MR) is 89.9 cm³/mol. The van der Waals surface area contributed by atoms with Crippen LogP contribution in [-0.4, -0.2) is 13.5 Å². The van der Waals surface area contributed by atoms with Crippen LogP contribution in [0.4, 0.5) is 18.9 Å². The first kappa shape index (κ1) is 20.3. The monoisotopic (exact) mass is 355 g/mol. The number of carbonyl (C=O) groups is 1. The van der Waals surface area contributed by atoms with Gasteiger partial charge in [-0.25, -0.2) is 5.84 Å². The predicted octanol–water partition coefficient (Wildman–Crippen LogP) is 3.24. The van der Waals surface area contributed by atoms with Gasteiger partial charge >= 0.3 is 6.18 Å². The molecule has 2 rings (SSSR count). The van der Waals surface area contributed by atoms with Crippen molar-refractivity contribution in [3.8, 4) is 5.75 Å². The van der Waals surface area contributed by atoms with E-state index in [-0.39, 0.29) is 0 Å². The summed E-state index contributed by atoms with van der Waals surface area (Å²) in [5.74, 6) is 4.82. The molecule has 4 N–H and O–H groups in total. The molecule has 0 aliphatic rings. The van der Waals surface area contributed by atoms with Crippen molar-refractivity contribution in [3.05, 3.63) is 59.2 Å². The van der Waals surface area contributed by atoms with Gasteiger partial charge in [-0.2, -0.15) is 13.2 Å². The van der Waals surface area contributed by atoms with Gasteiger partial charge in [0.1, 0.15) is 12.4 Å². The summed E-state index contributed by atoms with van der Waals surface area (Å²) in [6.07, 6.45) is -3.92. The SMILES string of the molecule is CNc1cccc(C)c1COc1ccc(C(F)(F)F)cc1.NNC=O. The number of aryl methyl sites for hydroxylation is 1. The number of anilines is 1. The van der Waals surface area contributed by atoms with Gasteiger partial charge in [0.2, 0.25) is 6.41 Å². The molecule has 2 aromatic carbocycles. The van der Waals surface area contributed by atoms with Crippen LogP contribution in [0, 0.1) is 6.92 Å². The molecule has 0 saturated heterocycles. The lowest BCUT2D eigenvalue weighted by atomic mass is 10.1. The van der Waals surface area contributed by atoms with Crippen LogP contribution >= 0.6 is 0 Å². The summed E-state index contributed by atoms with van der Waals surface area (Å²) >= 11 is 0. The first-order valence-electron chi connectivity index (χ1n) is 7.29. The molecule has 2 aromatic rings. The maximum Gasteiger partial charge on any atom is 0.416 e. The average Bonchev–Trinajstić information content (AvgIpc) is 2.60. The minimum Gasteiger partial charge on any atom is -0.489 e. The maximum atomic E-state index is 12.5. The standard InChI is InChI=1S/C16H16F3NO.CH4N2O/c1-11-4-3-5-15(20-2)14(11)10-21-13-8-6-12(7-9-13)16(17,18)19;2-3-1-4/h3-9,20H,10H2,1-2H3;1H,2H2,(H,3,4). The molecule has 0 heterocycles. The Morgan fingerprint density at radius 3 is 2.24 bits per heavy atom. The Labute approximate surface area is 144 Å². The fraction of sp³-hybridized carbons (Fsp3) is 0.235. The molecule has 0 atom stereocenters. The van der Waals surface area contributed by atoms with Crippen LogP contribution in [0.15, 0.2) is 42.5 Å². The van der Waals surface area contributed by atoms with Crippen LogP contribution in [0.2, 0.25) is 0 Å². The largest absolute Gasteiger partial charge is 0.489 e. The van der Waals surface area contributed by atoms with Gasteiger partial charge in [0.25, 0.3) is 0 Å². The van der Waals surface area contributed by atoms with E-state index in [0.717, 1.165) is 28.9 Å². The lowest BCUT2D eigenvalue weighted by Crippen LogP contribution is -2.18. The Morgan fingerprint density at radius 2 is 1.76 bits per heavy atom. The Morgan fingerprint density at radius 1 is 1.16 bits per heavy atom. The zero-order chi connectivity index (χ0) is 18.9. The van der Waals surface area contributed by atoms with Crippen LogP contribution in [0.3, 0.4) is 0 Å². The van der Waals surface area contributed by atoms with Crippen molar-refractivity contribution in [1.82, 2.24) is 5.43 Å². The van der Waals surface area contributed by atoms with Gasteiger partial charge in [0.05, 0.1) is 5.56 Å². The molecular weight excluding hydrogens is 335 g/mol. The molecule has 0 fully saturated rings. The summed E-state index contributed by atoms with van der Waals surface area (Å²) in [7, 11) is 1.82. The van der Waals surface area contributed by atoms with E-state index in [9.17, 15) is 13.2 Å². The van der Waals surface area contributed by atoms with E-state index in [2.05, 4.69) is 11.2 Å². The number of carbonyl (C=O) groups excluding carboxylic acids is 1. The van der Waals surface area contributed by atoms with Gasteiger partial charge < -0.3 is 10.1 Å². The van der Waals surface area contributed by atoms with Crippen LogP contribution in [0.1, 0.15) is 16.7 Å². The first-order chi connectivity index (χ1) is 11.8. The number of hydrogen-bond donors (Lipinski definition) is 3. The van der Waals surface area contributed by atoms with Crippen molar-refractivity contribution < 1.29 is 22.7 Å². The number of hydrogen-bond acceptors (Lipinski definition) is 4. The van der Waals surface area contributed by atoms with Crippen molar-refractivity contribution in [1.29, 1.82) is 0 Å². The van der Waals surface area contributed by atoms with Gasteiger partial charge in [-0.15, -0.1) is 0 Å². The molecule has 0 spiro atoms. The van der Waals surface area contributed by atoms with Crippen molar-refractivity contribution in [2.75, 3.05) is 12.4 Å². The molecule has 0 unspecified atom stereocenters. The molecular formula is C17H20F3N3O2. The molecule has 5 nitrogen and oxygen atoms in total. The highest BCUT2D eigenvalue weighted by Crippen LogP contribution is 2.30. The lowest BCUT2D eigenvalue weighted by Gasteiger charge is -2.14. The molecule has 0 bridgehead atoms. The Bertz CT molecular complexity index is 674. The second-order valence-corrected chi connectivity index (χ2v) is 4.95. The average molecular weight is 355 g/mol. The van der Waals surface area contributed by atoms with E-state index >= 15 is 0 Å². The van der Waals surface area contributed by atoms with E-state index in [1.807, 2.05) is 32.2 Å². The number of nitrogens with two attached hydrogens (primary N) is 1. The van der Waals surface area contributed by atoms with Crippen molar-refractivity contribution in [2.45, 2.75) is 19.7 Å². The smallest absolute Gasteiger partial charge is 0.416 e. The molecule has 8 heteroatoms. The minimum absolute atomic E-state index is 0.300. The molecule has 25 heavy (non-hydrogen) atoms. The second kappa shape index (κ2) is 9.53. The summed E-state index contributed by atoms with van der Waals surface area (Å²) in [5.41, 5.74) is 4.07. The van der Waals surface area contributed by atoms with Gasteiger partial charge in [-0.1, -0.05) is 12.1 Å². The topological polar surface area (TPSA) is 76.4 Å². The molecule has 0 aliphatic heterocycles. The van der Waals surface area contributed by atoms with Crippen LogP contribution in [0.5, 0.6) is 5.75 Å². The molecule has 136 valence electrons. The summed E-state index contributed by atoms with van der Waals surface area (Å²) in [6, 6.07) is 10.5. The Hall–Kier alpha value is -2.74. The number of hydrazine groups is 1. The summed E-state index contributed by atoms with van der Waals surface area (Å²) < 4.78 is 43.0. The van der Waals surface area contributed by atoms with E-state index < -0.39 is 11.7 Å². The second-order valence-electron chi connectivity index (χ2n) is 4.95. The minimum atomic E-state index is -4.33. The summed E-state index contributed by atoms with van der Waals surface area (Å²) in [5, 5.41) is 3.07. The number of rotatable bonds is 5. The van der Waals surface area contributed by atoms with E-state index in [1.54, 1.807) is 5.43 Å². The number of ether oxygens (including phenoxy) is 1. The highest BCUT2D eigenvalue weighted by atomic mass is 19.4. The number of nitrogens with one attached hydrogen (secondary N) is 2. The highest BCUT2D eigenvalue weighted by molar-refractivity contribution is 5.53. The van der Waals surface area contributed by atoms with E-state index in [4.69, 9.17) is 9.53 Å². The van der Waals surface area contributed by atoms with Crippen molar-refractivity contribution >= 4 is 12.1 Å². The summed E-state index contributed by atoms with van der Waals surface area (Å²) in [6.45, 7) is 2.26. The van der Waals surface area contributed by atoms with Gasteiger partial charge in [0, 0.05) is 18.3 Å². The van der Waals surface area contributed by atoms with Crippen molar-refractivity contribution in [2.24, 2.45) is 5.84 Å². The Kier molecular flexibility index (Phi) is 7.74. The van der Waals surface area contributed by atoms with E-state index in [1.165, 1.54) is 12.1 Å². The molecule has 0 aliphatic carbocycles. The zero-order valence-electron chi connectivity index (χ0n) is 13.9. The molecule has 0 radical (unpaired) electrons. The normalized spacial score (nSPS) is 10.3. The fourth-order valence-electron chi connectivity index (χ4n) is 2.02. The quantitative estimate of drug-likeness (QED) is 0.333. The van der Waals surface area contributed by atoms with Crippen LogP contribution in [0.25, 0.3) is 0 Å². The Balaban J connectivity index is 0.000000705. The molecule has 1 amide bonds. The van der Waals surface area contributed by atoms with Gasteiger partial charge in [0.15, 0.2) is 0 Å². The third kappa shape index (κ3) is 6.34. The van der Waals surface area contributed by atoms with E-state index in [0.29, 0.717) is 18.8 Å². The fourth-order valence-corrected chi connectivity index (χ4v) is 2.02. The van der Waals surface area contributed by atoms with Gasteiger partial charge in [-0.05, 0) is 42.8 Å². The zero-order valence-corrected chi connectivity index (χ0v) is 13.9. The third-order valence-electron chi connectivity index (χ3n) is 3.31. The number of halogens is 3. The number of alkyl halides is 3. The lowest BCUT2D eigenvalue weighted by molar-refractivity contribution is -0.137. The number of benzene rings is 2. The molecule has 0 saturated carbocycles. The maximum absolute atomic E-state index is 12.5.